The van der Waals surface area contributed by atoms with E-state index in [4.69, 9.17) is 9.47 Å². The van der Waals surface area contributed by atoms with Crippen LogP contribution in [0.3, 0.4) is 0 Å². The number of carbonyl (C=O) groups is 1. The molecule has 1 atom stereocenters. The zero-order valence-corrected chi connectivity index (χ0v) is 19.8. The lowest BCUT2D eigenvalue weighted by molar-refractivity contribution is -0.128. The molecule has 2 heterocycles. The van der Waals surface area contributed by atoms with Gasteiger partial charge in [0.2, 0.25) is 5.91 Å². The molecule has 0 N–H and O–H groups in total. The molecule has 0 radical (unpaired) electrons. The summed E-state index contributed by atoms with van der Waals surface area (Å²) in [5.41, 5.74) is 4.25. The zero-order valence-electron chi connectivity index (χ0n) is 19.8. The molecule has 1 amide bonds. The standard InChI is InChI=1S/C27H30FN3O3/c1-19-25(20(2)31(29-19)23-12-10-22(28)11-13-23)14-15-27(32)30(18-24-8-6-16-34-24)17-21-7-4-5-9-26(21)33-3/h4-5,7,9-15,24H,6,8,16-18H2,1-3H3/b15-14+. The first kappa shape index (κ1) is 23.7. The van der Waals surface area contributed by atoms with Gasteiger partial charge in [-0.2, -0.15) is 5.10 Å². The van der Waals surface area contributed by atoms with Gasteiger partial charge in [0.05, 0.1) is 24.6 Å². The molecule has 0 aliphatic carbocycles. The monoisotopic (exact) mass is 463 g/mol. The summed E-state index contributed by atoms with van der Waals surface area (Å²) in [6.07, 6.45) is 5.40. The molecule has 0 spiro atoms. The predicted octanol–water partition coefficient (Wildman–Crippen LogP) is 4.86. The highest BCUT2D eigenvalue weighted by atomic mass is 19.1. The summed E-state index contributed by atoms with van der Waals surface area (Å²) in [6.45, 7) is 5.52. The second-order valence-corrected chi connectivity index (χ2v) is 8.47. The lowest BCUT2D eigenvalue weighted by Gasteiger charge is -2.25. The minimum Gasteiger partial charge on any atom is -0.496 e. The third-order valence-electron chi connectivity index (χ3n) is 6.12. The lowest BCUT2D eigenvalue weighted by Crippen LogP contribution is -2.36. The van der Waals surface area contributed by atoms with Crippen LogP contribution in [-0.4, -0.2) is 47.0 Å². The Morgan fingerprint density at radius 2 is 2.00 bits per heavy atom. The van der Waals surface area contributed by atoms with Crippen LogP contribution in [0.5, 0.6) is 5.75 Å². The number of hydrogen-bond donors (Lipinski definition) is 0. The SMILES string of the molecule is COc1ccccc1CN(CC1CCCO1)C(=O)/C=C/c1c(C)nn(-c2ccc(F)cc2)c1C. The van der Waals surface area contributed by atoms with Gasteiger partial charge in [-0.1, -0.05) is 18.2 Å². The maximum Gasteiger partial charge on any atom is 0.246 e. The Kier molecular flexibility index (Phi) is 7.43. The number of halogens is 1. The molecule has 1 unspecified atom stereocenters. The van der Waals surface area contributed by atoms with Crippen LogP contribution in [-0.2, 0) is 16.1 Å². The van der Waals surface area contributed by atoms with Gasteiger partial charge < -0.3 is 14.4 Å². The Morgan fingerprint density at radius 1 is 1.24 bits per heavy atom. The van der Waals surface area contributed by atoms with Crippen molar-refractivity contribution in [2.45, 2.75) is 39.3 Å². The van der Waals surface area contributed by atoms with E-state index in [0.717, 1.165) is 53.4 Å². The van der Waals surface area contributed by atoms with E-state index in [1.165, 1.54) is 12.1 Å². The van der Waals surface area contributed by atoms with Crippen molar-refractivity contribution in [3.63, 3.8) is 0 Å². The van der Waals surface area contributed by atoms with E-state index in [0.29, 0.717) is 13.1 Å². The molecular formula is C27H30FN3O3. The van der Waals surface area contributed by atoms with Gasteiger partial charge in [0, 0.05) is 42.6 Å². The first-order valence-electron chi connectivity index (χ1n) is 11.5. The number of benzene rings is 2. The Bertz CT molecular complexity index is 1160. The van der Waals surface area contributed by atoms with E-state index >= 15 is 0 Å². The number of carbonyl (C=O) groups excluding carboxylic acids is 1. The van der Waals surface area contributed by atoms with Gasteiger partial charge in [0.1, 0.15) is 11.6 Å². The third kappa shape index (κ3) is 5.37. The molecule has 4 rings (SSSR count). The van der Waals surface area contributed by atoms with Crippen molar-refractivity contribution in [3.05, 3.63) is 82.9 Å². The highest BCUT2D eigenvalue weighted by Crippen LogP contribution is 2.23. The maximum absolute atomic E-state index is 13.3. The van der Waals surface area contributed by atoms with Crippen LogP contribution in [0.2, 0.25) is 0 Å². The summed E-state index contributed by atoms with van der Waals surface area (Å²) >= 11 is 0. The van der Waals surface area contributed by atoms with Crippen LogP contribution >= 0.6 is 0 Å². The molecule has 2 aromatic carbocycles. The number of para-hydroxylation sites is 1. The van der Waals surface area contributed by atoms with Crippen molar-refractivity contribution in [2.75, 3.05) is 20.3 Å². The van der Waals surface area contributed by atoms with Crippen molar-refractivity contribution in [1.29, 1.82) is 0 Å². The Morgan fingerprint density at radius 3 is 2.71 bits per heavy atom. The summed E-state index contributed by atoms with van der Waals surface area (Å²) in [7, 11) is 1.63. The topological polar surface area (TPSA) is 56.6 Å². The van der Waals surface area contributed by atoms with E-state index in [-0.39, 0.29) is 17.8 Å². The van der Waals surface area contributed by atoms with Crippen molar-refractivity contribution in [3.8, 4) is 11.4 Å². The number of aryl methyl sites for hydroxylation is 1. The molecule has 178 valence electrons. The molecule has 0 saturated carbocycles. The minimum absolute atomic E-state index is 0.0387. The fraction of sp³-hybridized carbons (Fsp3) is 0.333. The molecular weight excluding hydrogens is 433 g/mol. The quantitative estimate of drug-likeness (QED) is 0.448. The Balaban J connectivity index is 1.57. The van der Waals surface area contributed by atoms with Gasteiger partial charge in [0.15, 0.2) is 0 Å². The molecule has 3 aromatic rings. The molecule has 0 bridgehead atoms. The second kappa shape index (κ2) is 10.7. The highest BCUT2D eigenvalue weighted by Gasteiger charge is 2.23. The first-order chi connectivity index (χ1) is 16.5. The first-order valence-corrected chi connectivity index (χ1v) is 11.5. The van der Waals surface area contributed by atoms with Crippen molar-refractivity contribution < 1.29 is 18.7 Å². The van der Waals surface area contributed by atoms with Crippen LogP contribution in [0, 0.1) is 19.7 Å². The summed E-state index contributed by atoms with van der Waals surface area (Å²) in [5, 5.41) is 4.59. The molecule has 1 aliphatic rings. The number of methoxy groups -OCH3 is 1. The Labute approximate surface area is 199 Å². The van der Waals surface area contributed by atoms with E-state index in [1.807, 2.05) is 44.2 Å². The van der Waals surface area contributed by atoms with Crippen LogP contribution < -0.4 is 4.74 Å². The van der Waals surface area contributed by atoms with E-state index in [1.54, 1.807) is 34.9 Å². The Hall–Kier alpha value is -3.45. The average molecular weight is 464 g/mol. The third-order valence-corrected chi connectivity index (χ3v) is 6.12. The number of ether oxygens (including phenoxy) is 2. The normalized spacial score (nSPS) is 15.7. The maximum atomic E-state index is 13.3. The number of aromatic nitrogens is 2. The van der Waals surface area contributed by atoms with Gasteiger partial charge in [0.25, 0.3) is 0 Å². The summed E-state index contributed by atoms with van der Waals surface area (Å²) in [6, 6.07) is 13.9. The summed E-state index contributed by atoms with van der Waals surface area (Å²) < 4.78 is 26.4. The fourth-order valence-electron chi connectivity index (χ4n) is 4.30. The van der Waals surface area contributed by atoms with Gasteiger partial charge in [-0.3, -0.25) is 4.79 Å². The van der Waals surface area contributed by atoms with Crippen LogP contribution in [0.25, 0.3) is 11.8 Å². The number of nitrogens with zero attached hydrogens (tertiary/aromatic N) is 3. The van der Waals surface area contributed by atoms with Crippen molar-refractivity contribution in [1.82, 2.24) is 14.7 Å². The fourth-order valence-corrected chi connectivity index (χ4v) is 4.30. The van der Waals surface area contributed by atoms with Gasteiger partial charge in [-0.15, -0.1) is 0 Å². The summed E-state index contributed by atoms with van der Waals surface area (Å²) in [4.78, 5) is 15.1. The minimum atomic E-state index is -0.294. The zero-order chi connectivity index (χ0) is 24.1. The molecule has 1 aliphatic heterocycles. The van der Waals surface area contributed by atoms with Crippen molar-refractivity contribution in [2.24, 2.45) is 0 Å². The number of amides is 1. The molecule has 6 nitrogen and oxygen atoms in total. The van der Waals surface area contributed by atoms with Crippen LogP contribution in [0.1, 0.15) is 35.4 Å². The van der Waals surface area contributed by atoms with Crippen LogP contribution in [0.4, 0.5) is 4.39 Å². The average Bonchev–Trinajstić information content (AvgIpc) is 3.45. The van der Waals surface area contributed by atoms with Crippen LogP contribution in [0.15, 0.2) is 54.6 Å². The largest absolute Gasteiger partial charge is 0.496 e. The van der Waals surface area contributed by atoms with Gasteiger partial charge >= 0.3 is 0 Å². The molecule has 1 aromatic heterocycles. The highest BCUT2D eigenvalue weighted by molar-refractivity contribution is 5.92. The van der Waals surface area contributed by atoms with Gasteiger partial charge in [-0.25, -0.2) is 9.07 Å². The van der Waals surface area contributed by atoms with E-state index in [9.17, 15) is 9.18 Å². The van der Waals surface area contributed by atoms with Crippen molar-refractivity contribution >= 4 is 12.0 Å². The second-order valence-electron chi connectivity index (χ2n) is 8.47. The number of hydrogen-bond acceptors (Lipinski definition) is 4. The smallest absolute Gasteiger partial charge is 0.246 e. The summed E-state index contributed by atoms with van der Waals surface area (Å²) in [5.74, 6) is 0.357. The molecule has 34 heavy (non-hydrogen) atoms. The number of rotatable bonds is 8. The van der Waals surface area contributed by atoms with E-state index < -0.39 is 0 Å². The molecule has 1 saturated heterocycles. The predicted molar refractivity (Wildman–Crippen MR) is 129 cm³/mol. The van der Waals surface area contributed by atoms with E-state index in [2.05, 4.69) is 5.10 Å². The van der Waals surface area contributed by atoms with Gasteiger partial charge in [-0.05, 0) is 63.1 Å². The molecule has 7 heteroatoms. The molecule has 1 fully saturated rings. The lowest BCUT2D eigenvalue weighted by atomic mass is 10.1.